The molecule has 1 aliphatic rings. The summed E-state index contributed by atoms with van der Waals surface area (Å²) < 4.78 is 25.7. The number of anilines is 2. The molecule has 5 rings (SSSR count). The molecule has 2 N–H and O–H groups in total. The van der Waals surface area contributed by atoms with Crippen molar-refractivity contribution in [1.82, 2.24) is 10.3 Å². The van der Waals surface area contributed by atoms with Crippen LogP contribution in [0.25, 0.3) is 11.1 Å². The van der Waals surface area contributed by atoms with Crippen molar-refractivity contribution in [3.05, 3.63) is 108 Å². The molecule has 0 unspecified atom stereocenters. The quantitative estimate of drug-likeness (QED) is 0.294. The molecule has 1 saturated heterocycles. The Bertz CT molecular complexity index is 1380. The third-order valence-electron chi connectivity index (χ3n) is 6.53. The molecule has 1 aliphatic heterocycles. The van der Waals surface area contributed by atoms with Crippen molar-refractivity contribution in [2.45, 2.75) is 13.0 Å². The van der Waals surface area contributed by atoms with Crippen LogP contribution in [0.5, 0.6) is 5.75 Å². The number of carbonyl (C=O) groups is 1. The van der Waals surface area contributed by atoms with Crippen LogP contribution in [0.1, 0.15) is 11.1 Å². The van der Waals surface area contributed by atoms with E-state index in [0.29, 0.717) is 44.2 Å². The SMILES string of the molecule is O=C(NCc1cccnc1)Nc1ccc(OCCc2ccc(F)cc2-c2cccc(N3CCOCC3)c2)cc1. The fraction of sp³-hybridized carbons (Fsp3) is 0.226. The van der Waals surface area contributed by atoms with Crippen molar-refractivity contribution in [3.63, 3.8) is 0 Å². The number of ether oxygens (including phenoxy) is 2. The Hall–Kier alpha value is -4.43. The topological polar surface area (TPSA) is 75.7 Å². The molecule has 0 radical (unpaired) electrons. The maximum atomic E-state index is 14.2. The van der Waals surface area contributed by atoms with Crippen LogP contribution in [-0.2, 0) is 17.7 Å². The number of carbonyl (C=O) groups excluding carboxylic acids is 1. The Labute approximate surface area is 227 Å². The molecular formula is C31H31FN4O3. The lowest BCUT2D eigenvalue weighted by Gasteiger charge is -2.29. The molecule has 3 aromatic carbocycles. The van der Waals surface area contributed by atoms with Gasteiger partial charge in [-0.25, -0.2) is 9.18 Å². The van der Waals surface area contributed by atoms with Crippen LogP contribution in [-0.4, -0.2) is 43.9 Å². The van der Waals surface area contributed by atoms with E-state index in [9.17, 15) is 9.18 Å². The summed E-state index contributed by atoms with van der Waals surface area (Å²) in [5, 5.41) is 5.61. The van der Waals surface area contributed by atoms with Crippen molar-refractivity contribution in [1.29, 1.82) is 0 Å². The lowest BCUT2D eigenvalue weighted by Crippen LogP contribution is -2.36. The predicted octanol–water partition coefficient (Wildman–Crippen LogP) is 5.67. The molecule has 4 aromatic rings. The zero-order chi connectivity index (χ0) is 26.9. The third-order valence-corrected chi connectivity index (χ3v) is 6.53. The molecule has 7 nitrogen and oxygen atoms in total. The summed E-state index contributed by atoms with van der Waals surface area (Å²) in [4.78, 5) is 18.5. The minimum atomic E-state index is -0.297. The average Bonchev–Trinajstić information content (AvgIpc) is 2.99. The first-order chi connectivity index (χ1) is 19.1. The van der Waals surface area contributed by atoms with Crippen molar-refractivity contribution in [3.8, 4) is 16.9 Å². The second kappa shape index (κ2) is 12.9. The van der Waals surface area contributed by atoms with E-state index in [4.69, 9.17) is 9.47 Å². The molecule has 0 aliphatic carbocycles. The molecule has 0 bridgehead atoms. The summed E-state index contributed by atoms with van der Waals surface area (Å²) in [6, 6.07) is 23.8. The number of amides is 2. The lowest BCUT2D eigenvalue weighted by molar-refractivity contribution is 0.122. The largest absolute Gasteiger partial charge is 0.493 e. The number of nitrogens with one attached hydrogen (secondary N) is 2. The highest BCUT2D eigenvalue weighted by Gasteiger charge is 2.14. The van der Waals surface area contributed by atoms with E-state index in [1.54, 1.807) is 30.6 Å². The molecule has 0 saturated carbocycles. The first-order valence-electron chi connectivity index (χ1n) is 13.0. The molecular weight excluding hydrogens is 495 g/mol. The number of halogens is 1. The number of benzene rings is 3. The van der Waals surface area contributed by atoms with Gasteiger partial charge in [-0.2, -0.15) is 0 Å². The second-order valence-electron chi connectivity index (χ2n) is 9.24. The highest BCUT2D eigenvalue weighted by atomic mass is 19.1. The summed E-state index contributed by atoms with van der Waals surface area (Å²) >= 11 is 0. The van der Waals surface area contributed by atoms with Crippen LogP contribution in [0.4, 0.5) is 20.6 Å². The van der Waals surface area contributed by atoms with Gasteiger partial charge in [0.25, 0.3) is 0 Å². The van der Waals surface area contributed by atoms with E-state index in [0.717, 1.165) is 41.0 Å². The van der Waals surface area contributed by atoms with Gasteiger partial charge in [-0.05, 0) is 76.9 Å². The van der Waals surface area contributed by atoms with Gasteiger partial charge in [0.15, 0.2) is 0 Å². The fourth-order valence-corrected chi connectivity index (χ4v) is 4.50. The zero-order valence-electron chi connectivity index (χ0n) is 21.6. The summed E-state index contributed by atoms with van der Waals surface area (Å²) in [7, 11) is 0. The number of nitrogens with zero attached hydrogens (tertiary/aromatic N) is 2. The Kier molecular flexibility index (Phi) is 8.65. The van der Waals surface area contributed by atoms with E-state index in [1.807, 2.05) is 42.5 Å². The molecule has 39 heavy (non-hydrogen) atoms. The minimum Gasteiger partial charge on any atom is -0.493 e. The smallest absolute Gasteiger partial charge is 0.319 e. The van der Waals surface area contributed by atoms with Crippen LogP contribution in [0, 0.1) is 5.82 Å². The Balaban J connectivity index is 1.16. The van der Waals surface area contributed by atoms with E-state index < -0.39 is 0 Å². The maximum Gasteiger partial charge on any atom is 0.319 e. The highest BCUT2D eigenvalue weighted by Crippen LogP contribution is 2.29. The van der Waals surface area contributed by atoms with E-state index in [2.05, 4.69) is 32.7 Å². The fourth-order valence-electron chi connectivity index (χ4n) is 4.50. The van der Waals surface area contributed by atoms with Gasteiger partial charge in [0.2, 0.25) is 0 Å². The van der Waals surface area contributed by atoms with Crippen LogP contribution >= 0.6 is 0 Å². The van der Waals surface area contributed by atoms with Gasteiger partial charge in [0.05, 0.1) is 19.8 Å². The summed E-state index contributed by atoms with van der Waals surface area (Å²) in [5.74, 6) is 0.424. The molecule has 1 aromatic heterocycles. The van der Waals surface area contributed by atoms with Crippen molar-refractivity contribution in [2.24, 2.45) is 0 Å². The van der Waals surface area contributed by atoms with Gasteiger partial charge >= 0.3 is 6.03 Å². The first-order valence-corrected chi connectivity index (χ1v) is 13.0. The number of urea groups is 1. The molecule has 2 heterocycles. The standard InChI is InChI=1S/C31H31FN4O3/c32-26-7-6-24(30(20-26)25-4-1-5-28(19-25)36-14-17-38-18-15-36)12-16-39-29-10-8-27(9-11-29)35-31(37)34-22-23-3-2-13-33-21-23/h1-11,13,19-21H,12,14-18,22H2,(H2,34,35,37). The van der Waals surface area contributed by atoms with Crippen LogP contribution in [0.2, 0.25) is 0 Å². The van der Waals surface area contributed by atoms with E-state index in [1.165, 1.54) is 6.07 Å². The minimum absolute atomic E-state index is 0.265. The Morgan fingerprint density at radius 2 is 1.85 bits per heavy atom. The van der Waals surface area contributed by atoms with Crippen LogP contribution < -0.4 is 20.3 Å². The van der Waals surface area contributed by atoms with E-state index in [-0.39, 0.29) is 11.8 Å². The van der Waals surface area contributed by atoms with Gasteiger partial charge < -0.3 is 25.0 Å². The molecule has 2 amide bonds. The van der Waals surface area contributed by atoms with Gasteiger partial charge in [-0.1, -0.05) is 24.3 Å². The average molecular weight is 527 g/mol. The summed E-state index contributed by atoms with van der Waals surface area (Å²) in [6.07, 6.45) is 4.02. The van der Waals surface area contributed by atoms with Gasteiger partial charge in [-0.15, -0.1) is 0 Å². The number of pyridine rings is 1. The molecule has 8 heteroatoms. The number of rotatable bonds is 9. The molecule has 1 fully saturated rings. The Morgan fingerprint density at radius 1 is 1.00 bits per heavy atom. The number of hydrogen-bond donors (Lipinski definition) is 2. The third kappa shape index (κ3) is 7.33. The number of morpholine rings is 1. The monoisotopic (exact) mass is 526 g/mol. The summed E-state index contributed by atoms with van der Waals surface area (Å²) in [6.45, 7) is 3.94. The summed E-state index contributed by atoms with van der Waals surface area (Å²) in [5.41, 5.74) is 5.55. The van der Waals surface area contributed by atoms with Gasteiger partial charge in [0.1, 0.15) is 11.6 Å². The second-order valence-corrected chi connectivity index (χ2v) is 9.24. The predicted molar refractivity (Wildman–Crippen MR) is 151 cm³/mol. The van der Waals surface area contributed by atoms with Crippen molar-refractivity contribution in [2.75, 3.05) is 43.1 Å². The van der Waals surface area contributed by atoms with Gasteiger partial charge in [0, 0.05) is 49.8 Å². The lowest BCUT2D eigenvalue weighted by atomic mass is 9.97. The van der Waals surface area contributed by atoms with Crippen LogP contribution in [0.3, 0.4) is 0 Å². The van der Waals surface area contributed by atoms with Crippen LogP contribution in [0.15, 0.2) is 91.3 Å². The molecule has 0 spiro atoms. The van der Waals surface area contributed by atoms with Crippen molar-refractivity contribution >= 4 is 17.4 Å². The van der Waals surface area contributed by atoms with Gasteiger partial charge in [-0.3, -0.25) is 4.98 Å². The zero-order valence-corrected chi connectivity index (χ0v) is 21.6. The Morgan fingerprint density at radius 3 is 2.64 bits per heavy atom. The van der Waals surface area contributed by atoms with Crippen molar-refractivity contribution < 1.29 is 18.7 Å². The maximum absolute atomic E-state index is 14.2. The first kappa shape index (κ1) is 26.2. The highest BCUT2D eigenvalue weighted by molar-refractivity contribution is 5.89. The van der Waals surface area contributed by atoms with E-state index >= 15 is 0 Å². The molecule has 0 atom stereocenters. The number of aromatic nitrogens is 1. The normalized spacial score (nSPS) is 13.1. The number of hydrogen-bond acceptors (Lipinski definition) is 5. The molecule has 200 valence electrons.